The minimum atomic E-state index is 0.108. The van der Waals surface area contributed by atoms with E-state index < -0.39 is 0 Å². The molecule has 0 bridgehead atoms. The first-order valence-corrected chi connectivity index (χ1v) is 6.40. The molecule has 0 saturated carbocycles. The van der Waals surface area contributed by atoms with Gasteiger partial charge in [0.2, 0.25) is 0 Å². The van der Waals surface area contributed by atoms with Gasteiger partial charge >= 0.3 is 0 Å². The van der Waals surface area contributed by atoms with E-state index in [0.717, 1.165) is 24.6 Å². The molecule has 4 heteroatoms. The third-order valence-electron chi connectivity index (χ3n) is 3.54. The standard InChI is InChI=1S/C14H22N2O2/c1-16-8-7-11(9-16)14(15)10-18-13-5-3-12(17-2)4-6-13/h3-6,11,14H,7-10,15H2,1-2H3. The van der Waals surface area contributed by atoms with Gasteiger partial charge in [-0.1, -0.05) is 0 Å². The van der Waals surface area contributed by atoms with Gasteiger partial charge in [0.25, 0.3) is 0 Å². The fourth-order valence-corrected chi connectivity index (χ4v) is 2.32. The van der Waals surface area contributed by atoms with Crippen LogP contribution in [0.3, 0.4) is 0 Å². The molecular weight excluding hydrogens is 228 g/mol. The van der Waals surface area contributed by atoms with Crippen LogP contribution in [0.15, 0.2) is 24.3 Å². The molecule has 1 aromatic carbocycles. The zero-order chi connectivity index (χ0) is 13.0. The van der Waals surface area contributed by atoms with Crippen molar-refractivity contribution < 1.29 is 9.47 Å². The summed E-state index contributed by atoms with van der Waals surface area (Å²) in [5.74, 6) is 2.23. The molecule has 1 saturated heterocycles. The van der Waals surface area contributed by atoms with Gasteiger partial charge in [-0.05, 0) is 50.2 Å². The summed E-state index contributed by atoms with van der Waals surface area (Å²) in [5.41, 5.74) is 6.17. The highest BCUT2D eigenvalue weighted by Crippen LogP contribution is 2.20. The lowest BCUT2D eigenvalue weighted by molar-refractivity contribution is 0.245. The normalized spacial score (nSPS) is 21.8. The minimum absolute atomic E-state index is 0.108. The molecule has 0 spiro atoms. The number of hydrogen-bond donors (Lipinski definition) is 1. The Bertz CT molecular complexity index is 367. The second kappa shape index (κ2) is 6.07. The van der Waals surface area contributed by atoms with Gasteiger partial charge in [-0.3, -0.25) is 0 Å². The SMILES string of the molecule is COc1ccc(OCC(N)C2CCN(C)C2)cc1. The molecule has 2 N–H and O–H groups in total. The summed E-state index contributed by atoms with van der Waals surface area (Å²) in [7, 11) is 3.79. The van der Waals surface area contributed by atoms with Crippen molar-refractivity contribution in [3.8, 4) is 11.5 Å². The lowest BCUT2D eigenvalue weighted by Gasteiger charge is -2.19. The van der Waals surface area contributed by atoms with E-state index in [1.54, 1.807) is 7.11 Å². The number of rotatable bonds is 5. The highest BCUT2D eigenvalue weighted by atomic mass is 16.5. The van der Waals surface area contributed by atoms with Crippen LogP contribution >= 0.6 is 0 Å². The van der Waals surface area contributed by atoms with Crippen molar-refractivity contribution in [2.45, 2.75) is 12.5 Å². The van der Waals surface area contributed by atoms with Gasteiger partial charge in [-0.2, -0.15) is 0 Å². The average molecular weight is 250 g/mol. The van der Waals surface area contributed by atoms with Gasteiger partial charge < -0.3 is 20.1 Å². The van der Waals surface area contributed by atoms with Crippen molar-refractivity contribution in [1.82, 2.24) is 4.90 Å². The van der Waals surface area contributed by atoms with Crippen LogP contribution in [0.25, 0.3) is 0 Å². The molecule has 2 atom stereocenters. The van der Waals surface area contributed by atoms with Gasteiger partial charge in [-0.25, -0.2) is 0 Å². The highest BCUT2D eigenvalue weighted by Gasteiger charge is 2.25. The molecule has 1 heterocycles. The second-order valence-corrected chi connectivity index (χ2v) is 4.96. The maximum Gasteiger partial charge on any atom is 0.119 e. The molecule has 2 unspecified atom stereocenters. The van der Waals surface area contributed by atoms with E-state index >= 15 is 0 Å². The predicted molar refractivity (Wildman–Crippen MR) is 72.1 cm³/mol. The zero-order valence-electron chi connectivity index (χ0n) is 11.1. The molecule has 0 aromatic heterocycles. The first kappa shape index (κ1) is 13.2. The fraction of sp³-hybridized carbons (Fsp3) is 0.571. The monoisotopic (exact) mass is 250 g/mol. The number of likely N-dealkylation sites (tertiary alicyclic amines) is 1. The van der Waals surface area contributed by atoms with Crippen LogP contribution in [-0.4, -0.2) is 44.8 Å². The van der Waals surface area contributed by atoms with E-state index in [1.807, 2.05) is 24.3 Å². The van der Waals surface area contributed by atoms with Gasteiger partial charge in [0.05, 0.1) is 7.11 Å². The van der Waals surface area contributed by atoms with Crippen LogP contribution in [0.2, 0.25) is 0 Å². The van der Waals surface area contributed by atoms with Crippen LogP contribution in [0.1, 0.15) is 6.42 Å². The van der Waals surface area contributed by atoms with Crippen LogP contribution in [0.5, 0.6) is 11.5 Å². The Labute approximate surface area is 109 Å². The first-order valence-electron chi connectivity index (χ1n) is 6.40. The Hall–Kier alpha value is -1.26. The molecule has 0 amide bonds. The quantitative estimate of drug-likeness (QED) is 0.857. The third-order valence-corrected chi connectivity index (χ3v) is 3.54. The Morgan fingerprint density at radius 3 is 2.56 bits per heavy atom. The average Bonchev–Trinajstić information content (AvgIpc) is 2.83. The second-order valence-electron chi connectivity index (χ2n) is 4.96. The Kier molecular flexibility index (Phi) is 4.44. The zero-order valence-corrected chi connectivity index (χ0v) is 11.1. The van der Waals surface area contributed by atoms with Gasteiger partial charge in [-0.15, -0.1) is 0 Å². The first-order chi connectivity index (χ1) is 8.69. The lowest BCUT2D eigenvalue weighted by atomic mass is 10.0. The summed E-state index contributed by atoms with van der Waals surface area (Å²) >= 11 is 0. The van der Waals surface area contributed by atoms with E-state index in [-0.39, 0.29) is 6.04 Å². The number of ether oxygens (including phenoxy) is 2. The maximum absolute atomic E-state index is 6.17. The lowest BCUT2D eigenvalue weighted by Crippen LogP contribution is -2.37. The molecule has 0 aliphatic carbocycles. The van der Waals surface area contributed by atoms with E-state index in [2.05, 4.69) is 11.9 Å². The smallest absolute Gasteiger partial charge is 0.119 e. The summed E-state index contributed by atoms with van der Waals surface area (Å²) in [6, 6.07) is 7.71. The van der Waals surface area contributed by atoms with Crippen LogP contribution in [-0.2, 0) is 0 Å². The van der Waals surface area contributed by atoms with Crippen molar-refractivity contribution >= 4 is 0 Å². The van der Waals surface area contributed by atoms with Gasteiger partial charge in [0.15, 0.2) is 0 Å². The van der Waals surface area contributed by atoms with Crippen LogP contribution in [0, 0.1) is 5.92 Å². The molecule has 100 valence electrons. The molecule has 1 fully saturated rings. The molecule has 1 aromatic rings. The molecule has 1 aliphatic rings. The fourth-order valence-electron chi connectivity index (χ4n) is 2.32. The largest absolute Gasteiger partial charge is 0.497 e. The van der Waals surface area contributed by atoms with Gasteiger partial charge in [0, 0.05) is 12.6 Å². The van der Waals surface area contributed by atoms with Crippen LogP contribution < -0.4 is 15.2 Å². The Morgan fingerprint density at radius 2 is 2.00 bits per heavy atom. The maximum atomic E-state index is 6.17. The Balaban J connectivity index is 1.79. The highest BCUT2D eigenvalue weighted by molar-refractivity contribution is 5.31. The number of nitrogens with zero attached hydrogens (tertiary/aromatic N) is 1. The van der Waals surface area contributed by atoms with E-state index in [1.165, 1.54) is 6.42 Å². The van der Waals surface area contributed by atoms with Crippen molar-refractivity contribution in [2.24, 2.45) is 11.7 Å². The molecule has 18 heavy (non-hydrogen) atoms. The predicted octanol–water partition coefficient (Wildman–Crippen LogP) is 1.35. The van der Waals surface area contributed by atoms with E-state index in [0.29, 0.717) is 12.5 Å². The molecule has 4 nitrogen and oxygen atoms in total. The van der Waals surface area contributed by atoms with Crippen LogP contribution in [0.4, 0.5) is 0 Å². The summed E-state index contributed by atoms with van der Waals surface area (Å²) in [6.07, 6.45) is 1.17. The molecule has 0 radical (unpaired) electrons. The number of hydrogen-bond acceptors (Lipinski definition) is 4. The summed E-state index contributed by atoms with van der Waals surface area (Å²) in [5, 5.41) is 0. The van der Waals surface area contributed by atoms with Gasteiger partial charge in [0.1, 0.15) is 18.1 Å². The summed E-state index contributed by atoms with van der Waals surface area (Å²) in [4.78, 5) is 2.32. The van der Waals surface area contributed by atoms with E-state index in [9.17, 15) is 0 Å². The summed E-state index contributed by atoms with van der Waals surface area (Å²) in [6.45, 7) is 2.79. The topological polar surface area (TPSA) is 47.7 Å². The van der Waals surface area contributed by atoms with E-state index in [4.69, 9.17) is 15.2 Å². The number of benzene rings is 1. The Morgan fingerprint density at radius 1 is 1.33 bits per heavy atom. The van der Waals surface area contributed by atoms with Crippen molar-refractivity contribution in [3.63, 3.8) is 0 Å². The van der Waals surface area contributed by atoms with Crippen molar-refractivity contribution in [3.05, 3.63) is 24.3 Å². The third kappa shape index (κ3) is 3.37. The minimum Gasteiger partial charge on any atom is -0.497 e. The van der Waals surface area contributed by atoms with Crippen molar-refractivity contribution in [1.29, 1.82) is 0 Å². The molecule has 1 aliphatic heterocycles. The number of methoxy groups -OCH3 is 1. The van der Waals surface area contributed by atoms with Crippen molar-refractivity contribution in [2.75, 3.05) is 33.9 Å². The molecule has 2 rings (SSSR count). The number of nitrogens with two attached hydrogens (primary N) is 1. The summed E-state index contributed by atoms with van der Waals surface area (Å²) < 4.78 is 10.8. The molecular formula is C14H22N2O2.